The predicted molar refractivity (Wildman–Crippen MR) is 77.8 cm³/mol. The molecule has 0 aromatic heterocycles. The Morgan fingerprint density at radius 1 is 1.22 bits per heavy atom. The molecule has 1 N–H and O–H groups in total. The first-order chi connectivity index (χ1) is 8.58. The van der Waals surface area contributed by atoms with Crippen molar-refractivity contribution in [1.29, 1.82) is 0 Å². The monoisotopic (exact) mass is 310 g/mol. The number of likely N-dealkylation sites (tertiary alicyclic amines) is 1. The fourth-order valence-electron chi connectivity index (χ4n) is 2.54. The zero-order valence-corrected chi connectivity index (χ0v) is 12.4. The number of hydrogen-bond donors (Lipinski definition) is 1. The van der Waals surface area contributed by atoms with Gasteiger partial charge in [-0.1, -0.05) is 15.9 Å². The molecular formula is C14H19BrN2O. The highest BCUT2D eigenvalue weighted by atomic mass is 79.9. The number of rotatable bonds is 1. The summed E-state index contributed by atoms with van der Waals surface area (Å²) in [7, 11) is 0. The lowest BCUT2D eigenvalue weighted by molar-refractivity contribution is 0.133. The first-order valence-electron chi connectivity index (χ1n) is 6.43. The quantitative estimate of drug-likeness (QED) is 0.826. The third-order valence-corrected chi connectivity index (χ3v) is 4.05. The maximum atomic E-state index is 12.3. The summed E-state index contributed by atoms with van der Waals surface area (Å²) in [5.74, 6) is 0. The smallest absolute Gasteiger partial charge is 0.319 e. The van der Waals surface area contributed by atoms with Crippen LogP contribution in [0.4, 0.5) is 10.5 Å². The number of nitrogens with one attached hydrogen (secondary N) is 1. The van der Waals surface area contributed by atoms with Crippen LogP contribution < -0.4 is 5.32 Å². The van der Waals surface area contributed by atoms with E-state index in [2.05, 4.69) is 35.1 Å². The van der Waals surface area contributed by atoms with Crippen molar-refractivity contribution >= 4 is 27.6 Å². The molecule has 1 saturated heterocycles. The summed E-state index contributed by atoms with van der Waals surface area (Å²) in [6.45, 7) is 4.24. The summed E-state index contributed by atoms with van der Waals surface area (Å²) in [6.07, 6.45) is 3.40. The second kappa shape index (κ2) is 5.74. The number of nitrogens with zero attached hydrogens (tertiary/aromatic N) is 1. The van der Waals surface area contributed by atoms with Crippen LogP contribution in [0.1, 0.15) is 33.1 Å². The van der Waals surface area contributed by atoms with E-state index in [0.29, 0.717) is 12.1 Å². The summed E-state index contributed by atoms with van der Waals surface area (Å²) in [4.78, 5) is 14.2. The van der Waals surface area contributed by atoms with Gasteiger partial charge in [-0.05, 0) is 57.4 Å². The molecule has 2 amide bonds. The molecule has 0 aliphatic carbocycles. The van der Waals surface area contributed by atoms with Crippen LogP contribution in [0, 0.1) is 0 Å². The minimum absolute atomic E-state index is 0.0111. The Hall–Kier alpha value is -1.03. The van der Waals surface area contributed by atoms with Crippen LogP contribution in [-0.4, -0.2) is 23.0 Å². The van der Waals surface area contributed by atoms with Gasteiger partial charge in [-0.25, -0.2) is 4.79 Å². The number of carbonyl (C=O) groups is 1. The van der Waals surface area contributed by atoms with Crippen LogP contribution in [0.15, 0.2) is 28.7 Å². The summed E-state index contributed by atoms with van der Waals surface area (Å²) < 4.78 is 1.01. The molecule has 1 aliphatic rings. The van der Waals surface area contributed by atoms with Crippen molar-refractivity contribution in [2.45, 2.75) is 45.2 Å². The lowest BCUT2D eigenvalue weighted by atomic mass is 9.98. The Bertz CT molecular complexity index is 408. The molecule has 0 saturated carbocycles. The number of anilines is 1. The van der Waals surface area contributed by atoms with Crippen molar-refractivity contribution in [2.75, 3.05) is 5.32 Å². The SMILES string of the molecule is C[C@@H]1CCC[C@H](C)N1C(=O)Nc1ccc(Br)cc1. The molecule has 0 radical (unpaired) electrons. The molecule has 0 spiro atoms. The molecule has 3 nitrogen and oxygen atoms in total. The van der Waals surface area contributed by atoms with E-state index in [-0.39, 0.29) is 6.03 Å². The summed E-state index contributed by atoms with van der Waals surface area (Å²) >= 11 is 3.38. The van der Waals surface area contributed by atoms with Crippen molar-refractivity contribution in [3.8, 4) is 0 Å². The van der Waals surface area contributed by atoms with Crippen LogP contribution >= 0.6 is 15.9 Å². The van der Waals surface area contributed by atoms with E-state index < -0.39 is 0 Å². The van der Waals surface area contributed by atoms with Crippen molar-refractivity contribution in [3.63, 3.8) is 0 Å². The van der Waals surface area contributed by atoms with Crippen LogP contribution in [0.25, 0.3) is 0 Å². The van der Waals surface area contributed by atoms with Gasteiger partial charge >= 0.3 is 6.03 Å². The molecule has 2 atom stereocenters. The number of urea groups is 1. The van der Waals surface area contributed by atoms with Gasteiger partial charge in [0.25, 0.3) is 0 Å². The zero-order chi connectivity index (χ0) is 13.1. The maximum Gasteiger partial charge on any atom is 0.322 e. The van der Waals surface area contributed by atoms with Gasteiger partial charge in [0.2, 0.25) is 0 Å². The molecule has 1 heterocycles. The first-order valence-corrected chi connectivity index (χ1v) is 7.22. The van der Waals surface area contributed by atoms with E-state index in [1.54, 1.807) is 0 Å². The van der Waals surface area contributed by atoms with E-state index in [1.807, 2.05) is 29.2 Å². The van der Waals surface area contributed by atoms with E-state index >= 15 is 0 Å². The second-order valence-electron chi connectivity index (χ2n) is 4.97. The Kier molecular flexibility index (Phi) is 4.27. The third-order valence-electron chi connectivity index (χ3n) is 3.52. The fourth-order valence-corrected chi connectivity index (χ4v) is 2.81. The van der Waals surface area contributed by atoms with Gasteiger partial charge in [-0.2, -0.15) is 0 Å². The topological polar surface area (TPSA) is 32.3 Å². The highest BCUT2D eigenvalue weighted by Gasteiger charge is 2.28. The van der Waals surface area contributed by atoms with E-state index in [4.69, 9.17) is 0 Å². The standard InChI is InChI=1S/C14H19BrN2O/c1-10-4-3-5-11(2)17(10)14(18)16-13-8-6-12(15)7-9-13/h6-11H,3-5H2,1-2H3,(H,16,18)/t10-,11+. The van der Waals surface area contributed by atoms with Gasteiger partial charge in [-0.15, -0.1) is 0 Å². The van der Waals surface area contributed by atoms with E-state index in [1.165, 1.54) is 6.42 Å². The molecule has 1 fully saturated rings. The molecule has 18 heavy (non-hydrogen) atoms. The minimum atomic E-state index is 0.0111. The summed E-state index contributed by atoms with van der Waals surface area (Å²) in [5, 5.41) is 2.97. The average molecular weight is 311 g/mol. The number of halogens is 1. The maximum absolute atomic E-state index is 12.3. The van der Waals surface area contributed by atoms with Crippen molar-refractivity contribution in [3.05, 3.63) is 28.7 Å². The van der Waals surface area contributed by atoms with Gasteiger partial charge in [0.1, 0.15) is 0 Å². The van der Waals surface area contributed by atoms with Gasteiger partial charge in [0.15, 0.2) is 0 Å². The van der Waals surface area contributed by atoms with Gasteiger partial charge in [0, 0.05) is 22.2 Å². The molecule has 0 bridgehead atoms. The molecule has 1 aromatic rings. The number of hydrogen-bond acceptors (Lipinski definition) is 1. The number of carbonyl (C=O) groups excluding carboxylic acids is 1. The normalized spacial score (nSPS) is 23.8. The van der Waals surface area contributed by atoms with Crippen molar-refractivity contribution < 1.29 is 4.79 Å². The van der Waals surface area contributed by atoms with Gasteiger partial charge in [-0.3, -0.25) is 0 Å². The van der Waals surface area contributed by atoms with Crippen LogP contribution in [0.2, 0.25) is 0 Å². The van der Waals surface area contributed by atoms with Crippen molar-refractivity contribution in [1.82, 2.24) is 4.90 Å². The van der Waals surface area contributed by atoms with Crippen LogP contribution in [0.3, 0.4) is 0 Å². The molecule has 2 rings (SSSR count). The second-order valence-corrected chi connectivity index (χ2v) is 5.89. The predicted octanol–water partition coefficient (Wildman–Crippen LogP) is 4.24. The first kappa shape index (κ1) is 13.4. The van der Waals surface area contributed by atoms with Crippen LogP contribution in [0.5, 0.6) is 0 Å². The fraction of sp³-hybridized carbons (Fsp3) is 0.500. The number of benzene rings is 1. The molecule has 1 aliphatic heterocycles. The summed E-state index contributed by atoms with van der Waals surface area (Å²) in [6, 6.07) is 8.32. The zero-order valence-electron chi connectivity index (χ0n) is 10.8. The number of amides is 2. The lowest BCUT2D eigenvalue weighted by Crippen LogP contribution is -2.49. The molecular weight excluding hydrogens is 292 g/mol. The third kappa shape index (κ3) is 3.05. The Morgan fingerprint density at radius 2 is 1.78 bits per heavy atom. The Morgan fingerprint density at radius 3 is 2.33 bits per heavy atom. The van der Waals surface area contributed by atoms with Gasteiger partial charge < -0.3 is 10.2 Å². The van der Waals surface area contributed by atoms with Crippen molar-refractivity contribution in [2.24, 2.45) is 0 Å². The highest BCUT2D eigenvalue weighted by Crippen LogP contribution is 2.23. The molecule has 4 heteroatoms. The Balaban J connectivity index is 2.04. The Labute approximate surface area is 117 Å². The minimum Gasteiger partial charge on any atom is -0.319 e. The highest BCUT2D eigenvalue weighted by molar-refractivity contribution is 9.10. The van der Waals surface area contributed by atoms with Crippen LogP contribution in [-0.2, 0) is 0 Å². The molecule has 1 aromatic carbocycles. The van der Waals surface area contributed by atoms with Gasteiger partial charge in [0.05, 0.1) is 0 Å². The lowest BCUT2D eigenvalue weighted by Gasteiger charge is -2.38. The molecule has 0 unspecified atom stereocenters. The van der Waals surface area contributed by atoms with E-state index in [9.17, 15) is 4.79 Å². The van der Waals surface area contributed by atoms with E-state index in [0.717, 1.165) is 23.0 Å². The number of piperidine rings is 1. The average Bonchev–Trinajstić information content (AvgIpc) is 2.32. The largest absolute Gasteiger partial charge is 0.322 e. The molecule has 98 valence electrons. The summed E-state index contributed by atoms with van der Waals surface area (Å²) in [5.41, 5.74) is 0.841.